The summed E-state index contributed by atoms with van der Waals surface area (Å²) >= 11 is 6.06. The molecule has 1 aromatic carbocycles. The number of rotatable bonds is 5. The molecule has 0 saturated carbocycles. The second-order valence-electron chi connectivity index (χ2n) is 5.06. The highest BCUT2D eigenvalue weighted by atomic mass is 35.5. The molecule has 0 aromatic heterocycles. The lowest BCUT2D eigenvalue weighted by molar-refractivity contribution is 0.651. The van der Waals surface area contributed by atoms with Gasteiger partial charge in [-0.05, 0) is 31.5 Å². The topological polar surface area (TPSA) is 39.7 Å². The summed E-state index contributed by atoms with van der Waals surface area (Å²) in [5, 5.41) is 7.52. The first kappa shape index (κ1) is 15.7. The van der Waals surface area contributed by atoms with Crippen LogP contribution >= 0.6 is 11.6 Å². The molecule has 1 aromatic rings. The molecule has 114 valence electrons. The highest BCUT2D eigenvalue weighted by Crippen LogP contribution is 2.23. The molecule has 0 bridgehead atoms. The van der Waals surface area contributed by atoms with Crippen molar-refractivity contribution in [2.24, 2.45) is 4.99 Å². The third-order valence-corrected chi connectivity index (χ3v) is 3.66. The average Bonchev–Trinajstić information content (AvgIpc) is 2.93. The van der Waals surface area contributed by atoms with Gasteiger partial charge in [-0.3, -0.25) is 0 Å². The fourth-order valence-corrected chi connectivity index (χ4v) is 2.64. The first-order valence-corrected chi connectivity index (χ1v) is 7.77. The minimum Gasteiger partial charge on any atom is -0.369 e. The zero-order chi connectivity index (χ0) is 15.1. The number of anilines is 1. The van der Waals surface area contributed by atoms with Crippen molar-refractivity contribution in [1.29, 1.82) is 0 Å². The fourth-order valence-electron chi connectivity index (χ4n) is 2.45. The Labute approximate surface area is 131 Å². The van der Waals surface area contributed by atoms with Crippen molar-refractivity contribution in [3.63, 3.8) is 0 Å². The number of nitrogens with one attached hydrogen (secondary N) is 2. The monoisotopic (exact) mass is 306 g/mol. The number of benzene rings is 1. The minimum absolute atomic E-state index is 0.395. The molecule has 0 radical (unpaired) electrons. The van der Waals surface area contributed by atoms with Crippen LogP contribution < -0.4 is 15.5 Å². The number of hydrogen-bond acceptors (Lipinski definition) is 2. The largest absolute Gasteiger partial charge is 0.369 e. The van der Waals surface area contributed by atoms with Crippen LogP contribution in [0.4, 0.5) is 5.69 Å². The summed E-state index contributed by atoms with van der Waals surface area (Å²) in [4.78, 5) is 6.79. The third kappa shape index (κ3) is 4.67. The van der Waals surface area contributed by atoms with E-state index in [1.807, 2.05) is 18.2 Å². The summed E-state index contributed by atoms with van der Waals surface area (Å²) in [5.74, 6) is 0.857. The Bertz CT molecular complexity index is 501. The molecule has 2 N–H and O–H groups in total. The number of nitrogens with zero attached hydrogens (tertiary/aromatic N) is 2. The molecule has 1 unspecified atom stereocenters. The SMILES string of the molecule is C=CCN=C(NCC)NC1CCN(c2cccc(Cl)c2)C1. The molecule has 21 heavy (non-hydrogen) atoms. The second kappa shape index (κ2) is 7.93. The van der Waals surface area contributed by atoms with Gasteiger partial charge in [-0.15, -0.1) is 6.58 Å². The molecule has 5 heteroatoms. The van der Waals surface area contributed by atoms with Crippen LogP contribution in [0.1, 0.15) is 13.3 Å². The van der Waals surface area contributed by atoms with Gasteiger partial charge in [0.05, 0.1) is 6.54 Å². The van der Waals surface area contributed by atoms with Gasteiger partial charge in [0.2, 0.25) is 0 Å². The van der Waals surface area contributed by atoms with E-state index in [0.29, 0.717) is 12.6 Å². The third-order valence-electron chi connectivity index (χ3n) is 3.43. The molecular formula is C16H23ClN4. The molecule has 0 aliphatic carbocycles. The Balaban J connectivity index is 1.93. The molecule has 1 saturated heterocycles. The van der Waals surface area contributed by atoms with E-state index in [1.165, 1.54) is 5.69 Å². The van der Waals surface area contributed by atoms with Gasteiger partial charge in [-0.2, -0.15) is 0 Å². The van der Waals surface area contributed by atoms with Crippen molar-refractivity contribution in [1.82, 2.24) is 10.6 Å². The zero-order valence-electron chi connectivity index (χ0n) is 12.5. The number of guanidine groups is 1. The van der Waals surface area contributed by atoms with Gasteiger partial charge in [0.15, 0.2) is 5.96 Å². The normalized spacial score (nSPS) is 18.7. The molecular weight excluding hydrogens is 284 g/mol. The van der Waals surface area contributed by atoms with Crippen molar-refractivity contribution in [2.75, 3.05) is 31.1 Å². The summed E-state index contributed by atoms with van der Waals surface area (Å²) in [7, 11) is 0. The first-order chi connectivity index (χ1) is 10.2. The summed E-state index contributed by atoms with van der Waals surface area (Å²) in [6.45, 7) is 9.23. The van der Waals surface area contributed by atoms with Gasteiger partial charge in [0, 0.05) is 36.4 Å². The molecule has 0 amide bonds. The van der Waals surface area contributed by atoms with Gasteiger partial charge >= 0.3 is 0 Å². The highest BCUT2D eigenvalue weighted by molar-refractivity contribution is 6.30. The van der Waals surface area contributed by atoms with Crippen molar-refractivity contribution < 1.29 is 0 Å². The lowest BCUT2D eigenvalue weighted by Gasteiger charge is -2.20. The predicted octanol–water partition coefficient (Wildman–Crippen LogP) is 2.66. The molecule has 1 fully saturated rings. The van der Waals surface area contributed by atoms with E-state index in [2.05, 4.69) is 40.1 Å². The van der Waals surface area contributed by atoms with E-state index < -0.39 is 0 Å². The molecule has 1 aliphatic heterocycles. The van der Waals surface area contributed by atoms with Crippen molar-refractivity contribution in [2.45, 2.75) is 19.4 Å². The Kier molecular flexibility index (Phi) is 5.93. The smallest absolute Gasteiger partial charge is 0.191 e. The summed E-state index contributed by atoms with van der Waals surface area (Å²) < 4.78 is 0. The number of hydrogen-bond donors (Lipinski definition) is 2. The minimum atomic E-state index is 0.395. The van der Waals surface area contributed by atoms with Crippen LogP contribution in [0.5, 0.6) is 0 Å². The maximum atomic E-state index is 6.06. The van der Waals surface area contributed by atoms with Crippen LogP contribution in [0.3, 0.4) is 0 Å². The van der Waals surface area contributed by atoms with E-state index in [9.17, 15) is 0 Å². The Morgan fingerprint density at radius 3 is 3.14 bits per heavy atom. The quantitative estimate of drug-likeness (QED) is 0.499. The molecule has 1 atom stereocenters. The Morgan fingerprint density at radius 2 is 2.43 bits per heavy atom. The molecule has 4 nitrogen and oxygen atoms in total. The number of halogens is 1. The first-order valence-electron chi connectivity index (χ1n) is 7.39. The van der Waals surface area contributed by atoms with Gasteiger partial charge in [-0.25, -0.2) is 4.99 Å². The second-order valence-corrected chi connectivity index (χ2v) is 5.50. The lowest BCUT2D eigenvalue weighted by atomic mass is 10.3. The van der Waals surface area contributed by atoms with Crippen molar-refractivity contribution in [3.8, 4) is 0 Å². The maximum Gasteiger partial charge on any atom is 0.191 e. The van der Waals surface area contributed by atoms with E-state index in [4.69, 9.17) is 11.6 Å². The zero-order valence-corrected chi connectivity index (χ0v) is 13.2. The van der Waals surface area contributed by atoms with Crippen molar-refractivity contribution >= 4 is 23.2 Å². The molecule has 0 spiro atoms. The van der Waals surface area contributed by atoms with Gasteiger partial charge < -0.3 is 15.5 Å². The van der Waals surface area contributed by atoms with Crippen LogP contribution in [0.15, 0.2) is 41.9 Å². The standard InChI is InChI=1S/C16H23ClN4/c1-3-9-19-16(18-4-2)20-14-8-10-21(12-14)15-7-5-6-13(17)11-15/h3,5-7,11,14H,1,4,8-10,12H2,2H3,(H2,18,19,20). The average molecular weight is 307 g/mol. The summed E-state index contributed by atoms with van der Waals surface area (Å²) in [6.07, 6.45) is 2.89. The van der Waals surface area contributed by atoms with E-state index in [1.54, 1.807) is 6.08 Å². The molecule has 2 rings (SSSR count). The van der Waals surface area contributed by atoms with E-state index in [-0.39, 0.29) is 0 Å². The van der Waals surface area contributed by atoms with Crippen LogP contribution in [-0.4, -0.2) is 38.2 Å². The lowest BCUT2D eigenvalue weighted by Crippen LogP contribution is -2.44. The summed E-state index contributed by atoms with van der Waals surface area (Å²) in [5.41, 5.74) is 1.18. The van der Waals surface area contributed by atoms with Crippen LogP contribution in [0.2, 0.25) is 5.02 Å². The Hall–Kier alpha value is -1.68. The number of aliphatic imine (C=N–C) groups is 1. The molecule has 1 aliphatic rings. The van der Waals surface area contributed by atoms with E-state index in [0.717, 1.165) is 37.0 Å². The van der Waals surface area contributed by atoms with Gasteiger partial charge in [-0.1, -0.05) is 23.7 Å². The van der Waals surface area contributed by atoms with Gasteiger partial charge in [0.25, 0.3) is 0 Å². The van der Waals surface area contributed by atoms with Gasteiger partial charge in [0.1, 0.15) is 0 Å². The van der Waals surface area contributed by atoms with Crippen LogP contribution in [0.25, 0.3) is 0 Å². The highest BCUT2D eigenvalue weighted by Gasteiger charge is 2.23. The predicted molar refractivity (Wildman–Crippen MR) is 91.4 cm³/mol. The molecule has 1 heterocycles. The Morgan fingerprint density at radius 1 is 1.57 bits per heavy atom. The van der Waals surface area contributed by atoms with Crippen LogP contribution in [0, 0.1) is 0 Å². The summed E-state index contributed by atoms with van der Waals surface area (Å²) in [6, 6.07) is 8.41. The van der Waals surface area contributed by atoms with E-state index >= 15 is 0 Å². The maximum absolute atomic E-state index is 6.06. The fraction of sp³-hybridized carbons (Fsp3) is 0.438. The van der Waals surface area contributed by atoms with Crippen molar-refractivity contribution in [3.05, 3.63) is 41.9 Å². The van der Waals surface area contributed by atoms with Crippen LogP contribution in [-0.2, 0) is 0 Å².